The molecule has 0 saturated heterocycles. The number of carbonyl (C=O) groups is 1. The van der Waals surface area contributed by atoms with Crippen molar-refractivity contribution in [2.24, 2.45) is 0 Å². The van der Waals surface area contributed by atoms with Crippen LogP contribution in [-0.4, -0.2) is 35.1 Å². The number of nitrogens with zero attached hydrogens (tertiary/aromatic N) is 1. The molecule has 1 aromatic heterocycles. The molecule has 4 nitrogen and oxygen atoms in total. The van der Waals surface area contributed by atoms with E-state index in [9.17, 15) is 4.79 Å². The Labute approximate surface area is 112 Å². The van der Waals surface area contributed by atoms with Crippen LogP contribution < -0.4 is 0 Å². The number of benzene rings is 1. The Morgan fingerprint density at radius 1 is 1.37 bits per heavy atom. The van der Waals surface area contributed by atoms with Crippen LogP contribution in [0.4, 0.5) is 0 Å². The van der Waals surface area contributed by atoms with Crippen molar-refractivity contribution in [2.75, 3.05) is 13.2 Å². The fraction of sp³-hybridized carbons (Fsp3) is 0.400. The first kappa shape index (κ1) is 13.6. The maximum Gasteiger partial charge on any atom is 0.289 e. The number of para-hydroxylation sites is 1. The second-order valence-electron chi connectivity index (χ2n) is 4.82. The third-order valence-corrected chi connectivity index (χ3v) is 3.08. The predicted octanol–water partition coefficient (Wildman–Crippen LogP) is 2.67. The summed E-state index contributed by atoms with van der Waals surface area (Å²) in [5, 5.41) is 9.83. The monoisotopic (exact) mass is 261 g/mol. The topological polar surface area (TPSA) is 53.7 Å². The number of aliphatic hydroxyl groups is 1. The van der Waals surface area contributed by atoms with Crippen molar-refractivity contribution in [1.29, 1.82) is 0 Å². The summed E-state index contributed by atoms with van der Waals surface area (Å²) in [5.74, 6) is 0.229. The van der Waals surface area contributed by atoms with Gasteiger partial charge in [0.25, 0.3) is 5.91 Å². The highest BCUT2D eigenvalue weighted by molar-refractivity contribution is 5.96. The maximum atomic E-state index is 12.4. The second kappa shape index (κ2) is 5.89. The number of furan rings is 1. The van der Waals surface area contributed by atoms with Crippen molar-refractivity contribution < 1.29 is 14.3 Å². The molecule has 0 aliphatic carbocycles. The third-order valence-electron chi connectivity index (χ3n) is 3.08. The quantitative estimate of drug-likeness (QED) is 0.900. The Kier molecular flexibility index (Phi) is 4.22. The van der Waals surface area contributed by atoms with Crippen molar-refractivity contribution in [3.8, 4) is 0 Å². The molecule has 2 aromatic rings. The van der Waals surface area contributed by atoms with Gasteiger partial charge < -0.3 is 14.4 Å². The van der Waals surface area contributed by atoms with E-state index in [0.717, 1.165) is 11.0 Å². The summed E-state index contributed by atoms with van der Waals surface area (Å²) in [5.41, 5.74) is 0.719. The number of hydrogen-bond acceptors (Lipinski definition) is 3. The lowest BCUT2D eigenvalue weighted by molar-refractivity contribution is 0.0663. The molecule has 1 aromatic carbocycles. The molecule has 2 rings (SSSR count). The zero-order valence-electron chi connectivity index (χ0n) is 11.3. The van der Waals surface area contributed by atoms with E-state index >= 15 is 0 Å². The van der Waals surface area contributed by atoms with Gasteiger partial charge in [-0.25, -0.2) is 0 Å². The van der Waals surface area contributed by atoms with Crippen LogP contribution in [0.3, 0.4) is 0 Å². The van der Waals surface area contributed by atoms with Crippen LogP contribution in [0.5, 0.6) is 0 Å². The van der Waals surface area contributed by atoms with E-state index in [1.807, 2.05) is 38.1 Å². The van der Waals surface area contributed by atoms with Crippen LogP contribution in [0.15, 0.2) is 34.7 Å². The smallest absolute Gasteiger partial charge is 0.289 e. The Hall–Kier alpha value is -1.81. The van der Waals surface area contributed by atoms with Gasteiger partial charge in [-0.3, -0.25) is 4.79 Å². The number of hydrogen-bond donors (Lipinski definition) is 1. The van der Waals surface area contributed by atoms with Crippen molar-refractivity contribution in [3.05, 3.63) is 36.1 Å². The van der Waals surface area contributed by atoms with E-state index < -0.39 is 0 Å². The molecule has 0 unspecified atom stereocenters. The second-order valence-corrected chi connectivity index (χ2v) is 4.82. The lowest BCUT2D eigenvalue weighted by Gasteiger charge is -2.25. The summed E-state index contributed by atoms with van der Waals surface area (Å²) < 4.78 is 5.59. The standard InChI is InChI=1S/C15H19NO3/c1-11(2)16(8-5-9-17)15(18)14-10-12-6-3-4-7-13(12)19-14/h3-4,6-7,10-11,17H,5,8-9H2,1-2H3. The van der Waals surface area contributed by atoms with Gasteiger partial charge in [0.15, 0.2) is 5.76 Å². The predicted molar refractivity (Wildman–Crippen MR) is 74.1 cm³/mol. The molecule has 0 aliphatic heterocycles. The van der Waals surface area contributed by atoms with Crippen LogP contribution >= 0.6 is 0 Å². The fourth-order valence-electron chi connectivity index (χ4n) is 2.06. The van der Waals surface area contributed by atoms with Crippen molar-refractivity contribution in [3.63, 3.8) is 0 Å². The zero-order chi connectivity index (χ0) is 13.8. The number of carbonyl (C=O) groups excluding carboxylic acids is 1. The molecular formula is C15H19NO3. The molecule has 1 heterocycles. The van der Waals surface area contributed by atoms with E-state index in [-0.39, 0.29) is 18.6 Å². The lowest BCUT2D eigenvalue weighted by atomic mass is 10.2. The fourth-order valence-corrected chi connectivity index (χ4v) is 2.06. The van der Waals surface area contributed by atoms with Gasteiger partial charge >= 0.3 is 0 Å². The van der Waals surface area contributed by atoms with Crippen LogP contribution in [0.2, 0.25) is 0 Å². The van der Waals surface area contributed by atoms with Crippen molar-refractivity contribution in [1.82, 2.24) is 4.90 Å². The Morgan fingerprint density at radius 2 is 2.11 bits per heavy atom. The summed E-state index contributed by atoms with van der Waals surface area (Å²) in [6, 6.07) is 9.41. The first-order chi connectivity index (χ1) is 9.13. The molecule has 0 fully saturated rings. The average Bonchev–Trinajstić information content (AvgIpc) is 2.82. The highest BCUT2D eigenvalue weighted by Gasteiger charge is 2.21. The SMILES string of the molecule is CC(C)N(CCCO)C(=O)c1cc2ccccc2o1. The highest BCUT2D eigenvalue weighted by atomic mass is 16.3. The summed E-state index contributed by atoms with van der Waals surface area (Å²) in [6.45, 7) is 4.52. The van der Waals surface area contributed by atoms with Crippen LogP contribution in [0.25, 0.3) is 11.0 Å². The van der Waals surface area contributed by atoms with Gasteiger partial charge in [0, 0.05) is 24.6 Å². The van der Waals surface area contributed by atoms with E-state index in [0.29, 0.717) is 18.7 Å². The largest absolute Gasteiger partial charge is 0.451 e. The van der Waals surface area contributed by atoms with Gasteiger partial charge in [-0.05, 0) is 32.4 Å². The van der Waals surface area contributed by atoms with Crippen molar-refractivity contribution in [2.45, 2.75) is 26.3 Å². The summed E-state index contributed by atoms with van der Waals surface area (Å²) in [6.07, 6.45) is 0.574. The molecule has 0 bridgehead atoms. The minimum Gasteiger partial charge on any atom is -0.451 e. The van der Waals surface area contributed by atoms with Crippen LogP contribution in [0, 0.1) is 0 Å². The Balaban J connectivity index is 2.25. The molecule has 0 radical (unpaired) electrons. The third kappa shape index (κ3) is 2.96. The van der Waals surface area contributed by atoms with Gasteiger partial charge in [0.2, 0.25) is 0 Å². The van der Waals surface area contributed by atoms with E-state index in [1.165, 1.54) is 0 Å². The molecule has 0 aliphatic rings. The van der Waals surface area contributed by atoms with E-state index in [2.05, 4.69) is 0 Å². The highest BCUT2D eigenvalue weighted by Crippen LogP contribution is 2.20. The van der Waals surface area contributed by atoms with Gasteiger partial charge in [-0.15, -0.1) is 0 Å². The number of amides is 1. The summed E-state index contributed by atoms with van der Waals surface area (Å²) in [7, 11) is 0. The minimum atomic E-state index is -0.125. The first-order valence-corrected chi connectivity index (χ1v) is 6.54. The molecule has 102 valence electrons. The molecule has 1 N–H and O–H groups in total. The summed E-state index contributed by atoms with van der Waals surface area (Å²) in [4.78, 5) is 14.1. The minimum absolute atomic E-state index is 0.0762. The molecular weight excluding hydrogens is 242 g/mol. The molecule has 0 saturated carbocycles. The molecule has 4 heteroatoms. The Bertz CT molecular complexity index is 526. The normalized spacial score (nSPS) is 11.2. The summed E-state index contributed by atoms with van der Waals surface area (Å²) >= 11 is 0. The van der Waals surface area contributed by atoms with Gasteiger partial charge in [-0.1, -0.05) is 18.2 Å². The first-order valence-electron chi connectivity index (χ1n) is 6.54. The van der Waals surface area contributed by atoms with Crippen LogP contribution in [0.1, 0.15) is 30.8 Å². The van der Waals surface area contributed by atoms with Gasteiger partial charge in [0.1, 0.15) is 5.58 Å². The van der Waals surface area contributed by atoms with E-state index in [1.54, 1.807) is 11.0 Å². The number of aliphatic hydroxyl groups excluding tert-OH is 1. The zero-order valence-corrected chi connectivity index (χ0v) is 11.3. The van der Waals surface area contributed by atoms with Gasteiger partial charge in [0.05, 0.1) is 0 Å². The maximum absolute atomic E-state index is 12.4. The molecule has 0 spiro atoms. The number of rotatable bonds is 5. The van der Waals surface area contributed by atoms with Crippen molar-refractivity contribution >= 4 is 16.9 Å². The Morgan fingerprint density at radius 3 is 2.74 bits per heavy atom. The molecule has 0 atom stereocenters. The molecule has 19 heavy (non-hydrogen) atoms. The average molecular weight is 261 g/mol. The molecule has 1 amide bonds. The van der Waals surface area contributed by atoms with Gasteiger partial charge in [-0.2, -0.15) is 0 Å². The number of fused-ring (bicyclic) bond motifs is 1. The van der Waals surface area contributed by atoms with E-state index in [4.69, 9.17) is 9.52 Å². The lowest BCUT2D eigenvalue weighted by Crippen LogP contribution is -2.37. The van der Waals surface area contributed by atoms with Crippen LogP contribution in [-0.2, 0) is 0 Å².